The molecule has 3 rings (SSSR count). The fourth-order valence-corrected chi connectivity index (χ4v) is 3.61. The first kappa shape index (κ1) is 18.5. The van der Waals surface area contributed by atoms with Gasteiger partial charge in [0.2, 0.25) is 0 Å². The van der Waals surface area contributed by atoms with E-state index in [-0.39, 0.29) is 29.5 Å². The molecule has 1 fully saturated rings. The summed E-state index contributed by atoms with van der Waals surface area (Å²) in [4.78, 5) is 4.53. The molecular weight excluding hydrogens is 399 g/mol. The maximum atomic E-state index is 4.53. The first-order valence-electron chi connectivity index (χ1n) is 8.62. The molecule has 1 aliphatic carbocycles. The molecule has 1 atom stereocenters. The number of hydrogen-bond acceptors (Lipinski definition) is 4. The molecule has 1 aromatic carbocycles. The SMILES string of the molecule is CC(NC1(CNC2=NCCCN2)CCCC1)c1ccccc1.I. The lowest BCUT2D eigenvalue weighted by atomic mass is 9.94. The summed E-state index contributed by atoms with van der Waals surface area (Å²) in [7, 11) is 0. The number of benzene rings is 1. The van der Waals surface area contributed by atoms with Gasteiger partial charge in [0.05, 0.1) is 0 Å². The molecule has 0 radical (unpaired) electrons. The molecule has 1 unspecified atom stereocenters. The highest BCUT2D eigenvalue weighted by Crippen LogP contribution is 2.31. The van der Waals surface area contributed by atoms with Crippen LogP contribution >= 0.6 is 24.0 Å². The normalized spacial score (nSPS) is 20.8. The Morgan fingerprint density at radius 1 is 1.17 bits per heavy atom. The number of guanidine groups is 1. The standard InChI is InChI=1S/C18H28N4.HI/c1-15(16-8-3-2-4-9-16)22-18(10-5-6-11-18)14-21-17-19-12-7-13-20-17;/h2-4,8-9,15,22H,5-7,10-14H2,1H3,(H2,19,20,21);1H. The third-order valence-electron chi connectivity index (χ3n) is 4.87. The molecule has 0 amide bonds. The van der Waals surface area contributed by atoms with E-state index < -0.39 is 0 Å². The number of aliphatic imine (C=N–C) groups is 1. The van der Waals surface area contributed by atoms with Gasteiger partial charge >= 0.3 is 0 Å². The van der Waals surface area contributed by atoms with Crippen LogP contribution in [0.15, 0.2) is 35.3 Å². The largest absolute Gasteiger partial charge is 0.356 e. The Hall–Kier alpha value is -0.820. The Labute approximate surface area is 156 Å². The quantitative estimate of drug-likeness (QED) is 0.632. The second kappa shape index (κ2) is 8.87. The fourth-order valence-electron chi connectivity index (χ4n) is 3.61. The van der Waals surface area contributed by atoms with Gasteiger partial charge in [-0.2, -0.15) is 0 Å². The van der Waals surface area contributed by atoms with E-state index in [4.69, 9.17) is 0 Å². The van der Waals surface area contributed by atoms with Gasteiger partial charge in [0.1, 0.15) is 0 Å². The van der Waals surface area contributed by atoms with E-state index in [1.807, 2.05) is 0 Å². The van der Waals surface area contributed by atoms with Gasteiger partial charge in [-0.05, 0) is 31.7 Å². The Kier molecular flexibility index (Phi) is 7.14. The molecule has 0 bridgehead atoms. The highest BCUT2D eigenvalue weighted by Gasteiger charge is 2.35. The third kappa shape index (κ3) is 5.08. The van der Waals surface area contributed by atoms with E-state index in [2.05, 4.69) is 58.2 Å². The molecule has 128 valence electrons. The molecule has 4 nitrogen and oxygen atoms in total. The van der Waals surface area contributed by atoms with Crippen molar-refractivity contribution in [1.29, 1.82) is 0 Å². The van der Waals surface area contributed by atoms with Crippen molar-refractivity contribution in [3.63, 3.8) is 0 Å². The minimum Gasteiger partial charge on any atom is -0.356 e. The number of nitrogens with zero attached hydrogens (tertiary/aromatic N) is 1. The van der Waals surface area contributed by atoms with Gasteiger partial charge in [-0.3, -0.25) is 4.99 Å². The van der Waals surface area contributed by atoms with Gasteiger partial charge in [-0.25, -0.2) is 0 Å². The van der Waals surface area contributed by atoms with Gasteiger partial charge in [-0.1, -0.05) is 43.2 Å². The summed E-state index contributed by atoms with van der Waals surface area (Å²) in [5, 5.41) is 10.8. The maximum absolute atomic E-state index is 4.53. The minimum atomic E-state index is 0. The maximum Gasteiger partial charge on any atom is 0.191 e. The number of hydrogen-bond donors (Lipinski definition) is 3. The molecule has 0 saturated heterocycles. The zero-order valence-corrected chi connectivity index (χ0v) is 16.3. The first-order valence-corrected chi connectivity index (χ1v) is 8.62. The third-order valence-corrected chi connectivity index (χ3v) is 4.87. The highest BCUT2D eigenvalue weighted by molar-refractivity contribution is 14.0. The van der Waals surface area contributed by atoms with Crippen LogP contribution in [-0.4, -0.2) is 31.1 Å². The van der Waals surface area contributed by atoms with E-state index in [0.29, 0.717) is 6.04 Å². The molecule has 1 aliphatic heterocycles. The van der Waals surface area contributed by atoms with Crippen molar-refractivity contribution in [2.75, 3.05) is 19.6 Å². The molecule has 23 heavy (non-hydrogen) atoms. The van der Waals surface area contributed by atoms with E-state index in [0.717, 1.165) is 32.0 Å². The summed E-state index contributed by atoms with van der Waals surface area (Å²) in [6.07, 6.45) is 6.25. The molecule has 0 aromatic heterocycles. The lowest BCUT2D eigenvalue weighted by Gasteiger charge is -2.35. The minimum absolute atomic E-state index is 0. The Bertz CT molecular complexity index is 497. The van der Waals surface area contributed by atoms with Crippen molar-refractivity contribution in [3.8, 4) is 0 Å². The van der Waals surface area contributed by atoms with Gasteiger partial charge in [0.15, 0.2) is 5.96 Å². The van der Waals surface area contributed by atoms with Crippen molar-refractivity contribution in [2.24, 2.45) is 4.99 Å². The van der Waals surface area contributed by atoms with E-state index in [1.54, 1.807) is 0 Å². The van der Waals surface area contributed by atoms with Crippen LogP contribution in [0.1, 0.15) is 50.6 Å². The monoisotopic (exact) mass is 428 g/mol. The number of nitrogens with one attached hydrogen (secondary N) is 3. The molecule has 3 N–H and O–H groups in total. The second-order valence-corrected chi connectivity index (χ2v) is 6.63. The predicted octanol–water partition coefficient (Wildman–Crippen LogP) is 3.21. The lowest BCUT2D eigenvalue weighted by Crippen LogP contribution is -2.54. The zero-order chi connectivity index (χ0) is 15.3. The smallest absolute Gasteiger partial charge is 0.191 e. The summed E-state index contributed by atoms with van der Waals surface area (Å²) in [6.45, 7) is 5.20. The van der Waals surface area contributed by atoms with E-state index in [1.165, 1.54) is 31.2 Å². The summed E-state index contributed by atoms with van der Waals surface area (Å²) in [6, 6.07) is 11.1. The van der Waals surface area contributed by atoms with Crippen LogP contribution in [0.2, 0.25) is 0 Å². The first-order chi connectivity index (χ1) is 10.8. The highest BCUT2D eigenvalue weighted by atomic mass is 127. The van der Waals surface area contributed by atoms with Crippen molar-refractivity contribution < 1.29 is 0 Å². The molecular formula is C18H29IN4. The van der Waals surface area contributed by atoms with E-state index in [9.17, 15) is 0 Å². The van der Waals surface area contributed by atoms with Crippen LogP contribution in [-0.2, 0) is 0 Å². The van der Waals surface area contributed by atoms with Gasteiger partial charge < -0.3 is 16.0 Å². The average molecular weight is 428 g/mol. The van der Waals surface area contributed by atoms with Crippen LogP contribution < -0.4 is 16.0 Å². The van der Waals surface area contributed by atoms with Crippen LogP contribution in [0.5, 0.6) is 0 Å². The molecule has 0 spiro atoms. The van der Waals surface area contributed by atoms with Crippen LogP contribution in [0, 0.1) is 0 Å². The van der Waals surface area contributed by atoms with Gasteiger partial charge in [-0.15, -0.1) is 24.0 Å². The number of halogens is 1. The average Bonchev–Trinajstić information content (AvgIpc) is 3.04. The molecule has 1 saturated carbocycles. The topological polar surface area (TPSA) is 48.5 Å². The fraction of sp³-hybridized carbons (Fsp3) is 0.611. The van der Waals surface area contributed by atoms with Crippen molar-refractivity contribution >= 4 is 29.9 Å². The van der Waals surface area contributed by atoms with Crippen LogP contribution in [0.25, 0.3) is 0 Å². The van der Waals surface area contributed by atoms with Gasteiger partial charge in [0.25, 0.3) is 0 Å². The summed E-state index contributed by atoms with van der Waals surface area (Å²) < 4.78 is 0. The zero-order valence-electron chi connectivity index (χ0n) is 14.0. The summed E-state index contributed by atoms with van der Waals surface area (Å²) in [5.74, 6) is 0.978. The van der Waals surface area contributed by atoms with Crippen molar-refractivity contribution in [2.45, 2.75) is 50.6 Å². The Morgan fingerprint density at radius 2 is 1.91 bits per heavy atom. The molecule has 5 heteroatoms. The molecule has 1 aromatic rings. The lowest BCUT2D eigenvalue weighted by molar-refractivity contribution is 0.296. The predicted molar refractivity (Wildman–Crippen MR) is 108 cm³/mol. The van der Waals surface area contributed by atoms with Gasteiger partial charge in [0, 0.05) is 31.2 Å². The van der Waals surface area contributed by atoms with Crippen molar-refractivity contribution in [1.82, 2.24) is 16.0 Å². The summed E-state index contributed by atoms with van der Waals surface area (Å²) in [5.41, 5.74) is 1.55. The van der Waals surface area contributed by atoms with Crippen molar-refractivity contribution in [3.05, 3.63) is 35.9 Å². The summed E-state index contributed by atoms with van der Waals surface area (Å²) >= 11 is 0. The van der Waals surface area contributed by atoms with E-state index >= 15 is 0 Å². The Morgan fingerprint density at radius 3 is 2.57 bits per heavy atom. The Balaban J connectivity index is 0.00000192. The second-order valence-electron chi connectivity index (χ2n) is 6.63. The van der Waals surface area contributed by atoms with Crippen LogP contribution in [0.4, 0.5) is 0 Å². The van der Waals surface area contributed by atoms with Crippen LogP contribution in [0.3, 0.4) is 0 Å². The molecule has 2 aliphatic rings. The molecule has 1 heterocycles. The number of rotatable bonds is 5.